The molecule has 2 N–H and O–H groups in total. The van der Waals surface area contributed by atoms with Crippen LogP contribution in [0.2, 0.25) is 0 Å². The minimum Gasteiger partial charge on any atom is -0.323 e. The average molecular weight is 250 g/mol. The highest BCUT2D eigenvalue weighted by Crippen LogP contribution is 2.33. The van der Waals surface area contributed by atoms with E-state index < -0.39 is 0 Å². The standard InChI is InChI=1S/C14H26N4/c1-3-5-13(15)14-10-18(17-16-14)12-8-6-11(4-2)7-9-12/h10-13H,3-9,15H2,1-2H3. The van der Waals surface area contributed by atoms with Crippen LogP contribution >= 0.6 is 0 Å². The van der Waals surface area contributed by atoms with Crippen LogP contribution in [-0.4, -0.2) is 15.0 Å². The molecule has 0 amide bonds. The molecule has 2 rings (SSSR count). The van der Waals surface area contributed by atoms with E-state index in [0.29, 0.717) is 6.04 Å². The fraction of sp³-hybridized carbons (Fsp3) is 0.857. The zero-order chi connectivity index (χ0) is 13.0. The molecule has 0 bridgehead atoms. The van der Waals surface area contributed by atoms with Gasteiger partial charge in [-0.1, -0.05) is 31.9 Å². The van der Waals surface area contributed by atoms with E-state index in [-0.39, 0.29) is 6.04 Å². The molecule has 0 aromatic carbocycles. The van der Waals surface area contributed by atoms with Crippen LogP contribution in [0.5, 0.6) is 0 Å². The van der Waals surface area contributed by atoms with Gasteiger partial charge < -0.3 is 5.73 Å². The molecule has 4 nitrogen and oxygen atoms in total. The van der Waals surface area contributed by atoms with Gasteiger partial charge >= 0.3 is 0 Å². The Labute approximate surface area is 110 Å². The van der Waals surface area contributed by atoms with Gasteiger partial charge in [-0.05, 0) is 38.0 Å². The predicted octanol–water partition coefficient (Wildman–Crippen LogP) is 3.22. The number of nitrogens with two attached hydrogens (primary N) is 1. The molecule has 1 aliphatic rings. The van der Waals surface area contributed by atoms with Crippen LogP contribution in [0.4, 0.5) is 0 Å². The van der Waals surface area contributed by atoms with E-state index in [1.54, 1.807) is 0 Å². The summed E-state index contributed by atoms with van der Waals surface area (Å²) >= 11 is 0. The Kier molecular flexibility index (Phi) is 4.75. The Hall–Kier alpha value is -0.900. The molecule has 1 aromatic rings. The normalized spacial score (nSPS) is 26.2. The predicted molar refractivity (Wildman–Crippen MR) is 73.1 cm³/mol. The fourth-order valence-electron chi connectivity index (χ4n) is 2.92. The van der Waals surface area contributed by atoms with Crippen molar-refractivity contribution in [2.45, 2.75) is 70.9 Å². The van der Waals surface area contributed by atoms with Crippen molar-refractivity contribution in [1.29, 1.82) is 0 Å². The summed E-state index contributed by atoms with van der Waals surface area (Å²) in [5.41, 5.74) is 7.03. The van der Waals surface area contributed by atoms with Gasteiger partial charge in [-0.25, -0.2) is 4.68 Å². The lowest BCUT2D eigenvalue weighted by Crippen LogP contribution is -2.18. The molecule has 1 heterocycles. The van der Waals surface area contributed by atoms with Crippen LogP contribution in [0.25, 0.3) is 0 Å². The molecule has 102 valence electrons. The third-order valence-corrected chi connectivity index (χ3v) is 4.28. The topological polar surface area (TPSA) is 56.7 Å². The largest absolute Gasteiger partial charge is 0.323 e. The molecule has 1 unspecified atom stereocenters. The highest BCUT2D eigenvalue weighted by molar-refractivity contribution is 5.00. The Morgan fingerprint density at radius 3 is 2.67 bits per heavy atom. The van der Waals surface area contributed by atoms with Gasteiger partial charge in [0, 0.05) is 0 Å². The van der Waals surface area contributed by atoms with Gasteiger partial charge in [0.2, 0.25) is 0 Å². The van der Waals surface area contributed by atoms with Crippen molar-refractivity contribution in [2.24, 2.45) is 11.7 Å². The van der Waals surface area contributed by atoms with Crippen LogP contribution in [0.3, 0.4) is 0 Å². The molecule has 1 atom stereocenters. The monoisotopic (exact) mass is 250 g/mol. The van der Waals surface area contributed by atoms with Gasteiger partial charge in [0.1, 0.15) is 0 Å². The minimum absolute atomic E-state index is 0.0516. The van der Waals surface area contributed by atoms with Gasteiger partial charge in [0.15, 0.2) is 0 Å². The minimum atomic E-state index is 0.0516. The maximum Gasteiger partial charge on any atom is 0.0994 e. The molecule has 4 heteroatoms. The highest BCUT2D eigenvalue weighted by Gasteiger charge is 2.22. The second-order valence-electron chi connectivity index (χ2n) is 5.60. The zero-order valence-electron chi connectivity index (χ0n) is 11.7. The summed E-state index contributed by atoms with van der Waals surface area (Å²) < 4.78 is 2.05. The first-order valence-corrected chi connectivity index (χ1v) is 7.41. The smallest absolute Gasteiger partial charge is 0.0994 e. The maximum atomic E-state index is 6.08. The van der Waals surface area contributed by atoms with Crippen molar-refractivity contribution in [3.8, 4) is 0 Å². The van der Waals surface area contributed by atoms with Crippen LogP contribution in [-0.2, 0) is 0 Å². The highest BCUT2D eigenvalue weighted by atomic mass is 15.4. The van der Waals surface area contributed by atoms with Crippen LogP contribution in [0, 0.1) is 5.92 Å². The summed E-state index contributed by atoms with van der Waals surface area (Å²) in [5.74, 6) is 0.923. The molecule has 1 aliphatic carbocycles. The SMILES string of the molecule is CCCC(N)c1cn(C2CCC(CC)CC2)nn1. The van der Waals surface area contributed by atoms with Crippen molar-refractivity contribution >= 4 is 0 Å². The van der Waals surface area contributed by atoms with Crippen molar-refractivity contribution in [3.05, 3.63) is 11.9 Å². The lowest BCUT2D eigenvalue weighted by atomic mass is 9.85. The van der Waals surface area contributed by atoms with E-state index in [1.807, 2.05) is 0 Å². The Balaban J connectivity index is 1.94. The third-order valence-electron chi connectivity index (χ3n) is 4.28. The average Bonchev–Trinajstić information content (AvgIpc) is 2.89. The van der Waals surface area contributed by atoms with E-state index >= 15 is 0 Å². The molecular formula is C14H26N4. The summed E-state index contributed by atoms with van der Waals surface area (Å²) in [4.78, 5) is 0. The summed E-state index contributed by atoms with van der Waals surface area (Å²) in [5, 5.41) is 8.52. The van der Waals surface area contributed by atoms with Crippen LogP contribution in [0.1, 0.15) is 76.6 Å². The van der Waals surface area contributed by atoms with Crippen molar-refractivity contribution in [1.82, 2.24) is 15.0 Å². The Morgan fingerprint density at radius 1 is 1.33 bits per heavy atom. The van der Waals surface area contributed by atoms with Crippen molar-refractivity contribution < 1.29 is 0 Å². The summed E-state index contributed by atoms with van der Waals surface area (Å²) in [7, 11) is 0. The van der Waals surface area contributed by atoms with Crippen molar-refractivity contribution in [3.63, 3.8) is 0 Å². The fourth-order valence-corrected chi connectivity index (χ4v) is 2.92. The number of aromatic nitrogens is 3. The first-order chi connectivity index (χ1) is 8.74. The summed E-state index contributed by atoms with van der Waals surface area (Å²) in [6, 6.07) is 0.596. The lowest BCUT2D eigenvalue weighted by molar-refractivity contribution is 0.253. The lowest BCUT2D eigenvalue weighted by Gasteiger charge is -2.27. The molecule has 0 spiro atoms. The molecule has 1 saturated carbocycles. The second-order valence-corrected chi connectivity index (χ2v) is 5.60. The maximum absolute atomic E-state index is 6.08. The number of hydrogen-bond donors (Lipinski definition) is 1. The van der Waals surface area contributed by atoms with E-state index in [0.717, 1.165) is 24.5 Å². The van der Waals surface area contributed by atoms with Crippen LogP contribution < -0.4 is 5.73 Å². The van der Waals surface area contributed by atoms with Gasteiger partial charge in [-0.15, -0.1) is 5.10 Å². The second kappa shape index (κ2) is 6.32. The van der Waals surface area contributed by atoms with Crippen LogP contribution in [0.15, 0.2) is 6.20 Å². The Morgan fingerprint density at radius 2 is 2.06 bits per heavy atom. The zero-order valence-corrected chi connectivity index (χ0v) is 11.7. The van der Waals surface area contributed by atoms with Gasteiger partial charge in [0.25, 0.3) is 0 Å². The van der Waals surface area contributed by atoms with Crippen molar-refractivity contribution in [2.75, 3.05) is 0 Å². The number of nitrogens with zero attached hydrogens (tertiary/aromatic N) is 3. The molecular weight excluding hydrogens is 224 g/mol. The van der Waals surface area contributed by atoms with E-state index in [1.165, 1.54) is 32.1 Å². The summed E-state index contributed by atoms with van der Waals surface area (Å²) in [6.45, 7) is 4.44. The first-order valence-electron chi connectivity index (χ1n) is 7.41. The van der Waals surface area contributed by atoms with E-state index in [9.17, 15) is 0 Å². The molecule has 18 heavy (non-hydrogen) atoms. The third kappa shape index (κ3) is 3.10. The van der Waals surface area contributed by atoms with Gasteiger partial charge in [-0.2, -0.15) is 0 Å². The summed E-state index contributed by atoms with van der Waals surface area (Å²) in [6.07, 6.45) is 10.6. The quantitative estimate of drug-likeness (QED) is 0.873. The van der Waals surface area contributed by atoms with E-state index in [2.05, 4.69) is 35.0 Å². The Bertz CT molecular complexity index is 352. The van der Waals surface area contributed by atoms with Gasteiger partial charge in [0.05, 0.1) is 24.0 Å². The number of rotatable bonds is 5. The molecule has 0 saturated heterocycles. The first kappa shape index (κ1) is 13.5. The number of hydrogen-bond acceptors (Lipinski definition) is 3. The molecule has 0 aliphatic heterocycles. The van der Waals surface area contributed by atoms with Gasteiger partial charge in [-0.3, -0.25) is 0 Å². The molecule has 0 radical (unpaired) electrons. The van der Waals surface area contributed by atoms with E-state index in [4.69, 9.17) is 5.73 Å². The molecule has 1 fully saturated rings. The molecule has 1 aromatic heterocycles.